The summed E-state index contributed by atoms with van der Waals surface area (Å²) in [4.78, 5) is 4.18. The number of aromatic nitrogens is 2. The van der Waals surface area contributed by atoms with Crippen molar-refractivity contribution >= 4 is 15.9 Å². The Morgan fingerprint density at radius 2 is 2.11 bits per heavy atom. The predicted octanol–water partition coefficient (Wildman–Crippen LogP) is 3.23. The largest absolute Gasteiger partial charge is 0.310 e. The van der Waals surface area contributed by atoms with Crippen molar-refractivity contribution in [1.82, 2.24) is 14.9 Å². The molecule has 0 aliphatic carbocycles. The molecule has 0 radical (unpaired) electrons. The van der Waals surface area contributed by atoms with Gasteiger partial charge in [-0.25, -0.2) is 9.37 Å². The lowest BCUT2D eigenvalue weighted by Gasteiger charge is -2.25. The topological polar surface area (TPSA) is 29.9 Å². The molecule has 18 heavy (non-hydrogen) atoms. The fourth-order valence-electron chi connectivity index (χ4n) is 1.75. The molecule has 1 N–H and O–H groups in total. The summed E-state index contributed by atoms with van der Waals surface area (Å²) >= 11 is 3.38. The van der Waals surface area contributed by atoms with Crippen molar-refractivity contribution in [3.63, 3.8) is 0 Å². The zero-order chi connectivity index (χ0) is 13.3. The summed E-state index contributed by atoms with van der Waals surface area (Å²) in [5, 5.41) is 3.23. The third-order valence-electron chi connectivity index (χ3n) is 3.07. The highest BCUT2D eigenvalue weighted by Crippen LogP contribution is 2.27. The second-order valence-corrected chi connectivity index (χ2v) is 5.47. The molecule has 0 saturated carbocycles. The first-order valence-corrected chi connectivity index (χ1v) is 6.42. The van der Waals surface area contributed by atoms with Crippen LogP contribution in [-0.4, -0.2) is 16.6 Å². The van der Waals surface area contributed by atoms with Gasteiger partial charge in [0.25, 0.3) is 0 Å². The molecule has 1 heterocycles. The lowest BCUT2D eigenvalue weighted by molar-refractivity contribution is 0.424. The van der Waals surface area contributed by atoms with E-state index < -0.39 is 0 Å². The van der Waals surface area contributed by atoms with Crippen LogP contribution >= 0.6 is 15.9 Å². The first kappa shape index (κ1) is 13.2. The first-order valence-electron chi connectivity index (χ1n) is 5.63. The van der Waals surface area contributed by atoms with Crippen molar-refractivity contribution in [3.8, 4) is 5.69 Å². The Labute approximate surface area is 114 Å². The number of nitrogens with one attached hydrogen (secondary N) is 1. The SMILES string of the molecule is CNC(C)(C)c1cncn1-c1ccc(F)cc1Br. The molecule has 0 unspecified atom stereocenters. The van der Waals surface area contributed by atoms with Crippen molar-refractivity contribution in [2.45, 2.75) is 19.4 Å². The third kappa shape index (κ3) is 2.33. The van der Waals surface area contributed by atoms with E-state index in [2.05, 4.69) is 40.1 Å². The molecule has 2 rings (SSSR count). The first-order chi connectivity index (χ1) is 8.45. The average molecular weight is 312 g/mol. The van der Waals surface area contributed by atoms with Crippen LogP contribution in [0.4, 0.5) is 4.39 Å². The predicted molar refractivity (Wildman–Crippen MR) is 73.3 cm³/mol. The van der Waals surface area contributed by atoms with Gasteiger partial charge in [0.2, 0.25) is 0 Å². The molecule has 0 fully saturated rings. The molecule has 0 saturated heterocycles. The molecule has 0 bridgehead atoms. The fourth-order valence-corrected chi connectivity index (χ4v) is 2.30. The number of rotatable bonds is 3. The quantitative estimate of drug-likeness (QED) is 0.943. The molecule has 0 spiro atoms. The molecule has 96 valence electrons. The Morgan fingerprint density at radius 3 is 2.72 bits per heavy atom. The van der Waals surface area contributed by atoms with Crippen LogP contribution in [0, 0.1) is 5.82 Å². The Morgan fingerprint density at radius 1 is 1.39 bits per heavy atom. The van der Waals surface area contributed by atoms with Gasteiger partial charge in [-0.05, 0) is 55.0 Å². The molecular weight excluding hydrogens is 297 g/mol. The summed E-state index contributed by atoms with van der Waals surface area (Å²) < 4.78 is 15.8. The van der Waals surface area contributed by atoms with Crippen LogP contribution in [0.15, 0.2) is 35.2 Å². The van der Waals surface area contributed by atoms with E-state index in [4.69, 9.17) is 0 Å². The van der Waals surface area contributed by atoms with Crippen molar-refractivity contribution in [2.24, 2.45) is 0 Å². The van der Waals surface area contributed by atoms with Gasteiger partial charge in [-0.15, -0.1) is 0 Å². The van der Waals surface area contributed by atoms with Gasteiger partial charge in [0.05, 0.1) is 29.4 Å². The minimum Gasteiger partial charge on any atom is -0.310 e. The van der Waals surface area contributed by atoms with E-state index in [1.54, 1.807) is 12.4 Å². The van der Waals surface area contributed by atoms with Crippen LogP contribution in [0.5, 0.6) is 0 Å². The standard InChI is InChI=1S/C13H15BrFN3/c1-13(2,16-3)12-7-17-8-18(12)11-5-4-9(15)6-10(11)14/h4-8,16H,1-3H3. The van der Waals surface area contributed by atoms with Gasteiger partial charge >= 0.3 is 0 Å². The number of hydrogen-bond acceptors (Lipinski definition) is 2. The van der Waals surface area contributed by atoms with Gasteiger partial charge in [0, 0.05) is 4.47 Å². The Balaban J connectivity index is 2.56. The average Bonchev–Trinajstić information content (AvgIpc) is 2.78. The van der Waals surface area contributed by atoms with E-state index >= 15 is 0 Å². The van der Waals surface area contributed by atoms with Gasteiger partial charge in [-0.3, -0.25) is 0 Å². The summed E-state index contributed by atoms with van der Waals surface area (Å²) in [6.07, 6.45) is 3.54. The van der Waals surface area contributed by atoms with Gasteiger partial charge in [-0.2, -0.15) is 0 Å². The molecule has 0 amide bonds. The van der Waals surface area contributed by atoms with Gasteiger partial charge in [0.1, 0.15) is 5.82 Å². The van der Waals surface area contributed by atoms with Gasteiger partial charge < -0.3 is 9.88 Å². The maximum Gasteiger partial charge on any atom is 0.124 e. The van der Waals surface area contributed by atoms with Crippen molar-refractivity contribution < 1.29 is 4.39 Å². The summed E-state index contributed by atoms with van der Waals surface area (Å²) in [6.45, 7) is 4.13. The molecule has 0 aliphatic heterocycles. The zero-order valence-corrected chi connectivity index (χ0v) is 12.1. The maximum atomic E-state index is 13.1. The highest BCUT2D eigenvalue weighted by atomic mass is 79.9. The molecule has 0 atom stereocenters. The van der Waals surface area contributed by atoms with E-state index in [0.717, 1.165) is 11.4 Å². The number of hydrogen-bond donors (Lipinski definition) is 1. The van der Waals surface area contributed by atoms with Crippen molar-refractivity contribution in [1.29, 1.82) is 0 Å². The van der Waals surface area contributed by atoms with E-state index in [1.807, 2.05) is 17.8 Å². The van der Waals surface area contributed by atoms with Crippen LogP contribution in [0.25, 0.3) is 5.69 Å². The molecular formula is C13H15BrFN3. The summed E-state index contributed by atoms with van der Waals surface area (Å²) in [6, 6.07) is 4.62. The number of imidazole rings is 1. The zero-order valence-electron chi connectivity index (χ0n) is 10.5. The second-order valence-electron chi connectivity index (χ2n) is 4.62. The summed E-state index contributed by atoms with van der Waals surface area (Å²) in [5.74, 6) is -0.264. The monoisotopic (exact) mass is 311 g/mol. The number of halogens is 2. The van der Waals surface area contributed by atoms with Crippen LogP contribution < -0.4 is 5.32 Å². The molecule has 3 nitrogen and oxygen atoms in total. The minimum absolute atomic E-state index is 0.218. The molecule has 1 aromatic heterocycles. The Bertz CT molecular complexity index is 563. The lowest BCUT2D eigenvalue weighted by atomic mass is 10.0. The lowest BCUT2D eigenvalue weighted by Crippen LogP contribution is -2.35. The molecule has 0 aliphatic rings. The van der Waals surface area contributed by atoms with E-state index in [9.17, 15) is 4.39 Å². The smallest absolute Gasteiger partial charge is 0.124 e. The number of nitrogens with zero attached hydrogens (tertiary/aromatic N) is 2. The minimum atomic E-state index is -0.264. The Kier molecular flexibility index (Phi) is 3.54. The molecule has 2 aromatic rings. The van der Waals surface area contributed by atoms with E-state index in [1.165, 1.54) is 12.1 Å². The highest BCUT2D eigenvalue weighted by molar-refractivity contribution is 9.10. The van der Waals surface area contributed by atoms with Crippen LogP contribution in [0.2, 0.25) is 0 Å². The summed E-state index contributed by atoms with van der Waals surface area (Å²) in [7, 11) is 1.90. The normalized spacial score (nSPS) is 11.8. The summed E-state index contributed by atoms with van der Waals surface area (Å²) in [5.41, 5.74) is 1.66. The van der Waals surface area contributed by atoms with Crippen LogP contribution in [0.1, 0.15) is 19.5 Å². The van der Waals surface area contributed by atoms with E-state index in [-0.39, 0.29) is 11.4 Å². The van der Waals surface area contributed by atoms with Crippen molar-refractivity contribution in [2.75, 3.05) is 7.05 Å². The van der Waals surface area contributed by atoms with Crippen molar-refractivity contribution in [3.05, 3.63) is 46.7 Å². The maximum absolute atomic E-state index is 13.1. The van der Waals surface area contributed by atoms with Gasteiger partial charge in [-0.1, -0.05) is 0 Å². The van der Waals surface area contributed by atoms with Gasteiger partial charge in [0.15, 0.2) is 0 Å². The third-order valence-corrected chi connectivity index (χ3v) is 3.71. The second kappa shape index (κ2) is 4.82. The fraction of sp³-hybridized carbons (Fsp3) is 0.308. The number of benzene rings is 1. The van der Waals surface area contributed by atoms with E-state index in [0.29, 0.717) is 4.47 Å². The van der Waals surface area contributed by atoms with Crippen LogP contribution in [-0.2, 0) is 5.54 Å². The molecule has 1 aromatic carbocycles. The highest BCUT2D eigenvalue weighted by Gasteiger charge is 2.23. The van der Waals surface area contributed by atoms with Crippen LogP contribution in [0.3, 0.4) is 0 Å². The Hall–Kier alpha value is -1.20. The molecule has 5 heteroatoms.